The van der Waals surface area contributed by atoms with Gasteiger partial charge in [-0.3, -0.25) is 9.59 Å². The van der Waals surface area contributed by atoms with Gasteiger partial charge in [-0.2, -0.15) is 0 Å². The van der Waals surface area contributed by atoms with E-state index in [4.69, 9.17) is 5.11 Å². The van der Waals surface area contributed by atoms with Gasteiger partial charge in [-0.25, -0.2) is 4.79 Å². The van der Waals surface area contributed by atoms with Gasteiger partial charge in [-0.05, 0) is 37.0 Å². The second-order valence-corrected chi connectivity index (χ2v) is 5.79. The summed E-state index contributed by atoms with van der Waals surface area (Å²) >= 11 is 0. The largest absolute Gasteiger partial charge is 0.478 e. The summed E-state index contributed by atoms with van der Waals surface area (Å²) in [5.74, 6) is -0.973. The first-order valence-electron chi connectivity index (χ1n) is 7.72. The van der Waals surface area contributed by atoms with Crippen molar-refractivity contribution in [3.05, 3.63) is 55.8 Å². The molecule has 6 nitrogen and oxygen atoms in total. The van der Waals surface area contributed by atoms with Crippen LogP contribution in [0.15, 0.2) is 33.9 Å². The van der Waals surface area contributed by atoms with Gasteiger partial charge in [0.05, 0.1) is 5.56 Å². The van der Waals surface area contributed by atoms with E-state index in [2.05, 4.69) is 5.32 Å². The van der Waals surface area contributed by atoms with Crippen molar-refractivity contribution in [3.8, 4) is 0 Å². The van der Waals surface area contributed by atoms with E-state index in [-0.39, 0.29) is 5.56 Å². The molecule has 2 aromatic rings. The van der Waals surface area contributed by atoms with Crippen molar-refractivity contribution in [1.29, 1.82) is 0 Å². The molecule has 0 spiro atoms. The molecule has 120 valence electrons. The van der Waals surface area contributed by atoms with Crippen LogP contribution < -0.4 is 21.1 Å². The van der Waals surface area contributed by atoms with Gasteiger partial charge in [0.2, 0.25) is 0 Å². The molecule has 3 rings (SSSR count). The summed E-state index contributed by atoms with van der Waals surface area (Å²) in [6.45, 7) is 2.01. The first-order chi connectivity index (χ1) is 11.1. The highest BCUT2D eigenvalue weighted by atomic mass is 16.4. The van der Waals surface area contributed by atoms with Crippen LogP contribution in [0.1, 0.15) is 35.2 Å². The Balaban J connectivity index is 1.71. The predicted octanol–water partition coefficient (Wildman–Crippen LogP) is 1.58. The summed E-state index contributed by atoms with van der Waals surface area (Å²) in [5, 5.41) is 11.9. The highest BCUT2D eigenvalue weighted by Crippen LogP contribution is 2.24. The lowest BCUT2D eigenvalue weighted by molar-refractivity contribution is 0.0697. The lowest BCUT2D eigenvalue weighted by atomic mass is 10.1. The molecule has 0 saturated carbocycles. The maximum atomic E-state index is 11.8. The topological polar surface area (TPSA) is 86.7 Å². The van der Waals surface area contributed by atoms with E-state index in [0.29, 0.717) is 17.9 Å². The fourth-order valence-corrected chi connectivity index (χ4v) is 2.92. The van der Waals surface area contributed by atoms with Gasteiger partial charge in [0, 0.05) is 19.6 Å². The Morgan fingerprint density at radius 3 is 2.30 bits per heavy atom. The van der Waals surface area contributed by atoms with Crippen LogP contribution in [-0.2, 0) is 6.54 Å². The number of rotatable bonds is 5. The molecule has 0 bridgehead atoms. The van der Waals surface area contributed by atoms with Gasteiger partial charge in [0.1, 0.15) is 11.4 Å². The van der Waals surface area contributed by atoms with Crippen molar-refractivity contribution < 1.29 is 9.90 Å². The standard InChI is InChI=1S/C17H18N2O4/c20-15-13(14(16(15)21)19-8-2-1-3-9-19)18-10-11-4-6-12(7-5-11)17(22)23/h4-7,18H,1-3,8-10H2,(H,22,23). The minimum atomic E-state index is -0.973. The number of hydrogen-bond acceptors (Lipinski definition) is 5. The Morgan fingerprint density at radius 1 is 1.04 bits per heavy atom. The van der Waals surface area contributed by atoms with E-state index in [9.17, 15) is 14.4 Å². The van der Waals surface area contributed by atoms with Crippen LogP contribution in [0, 0.1) is 0 Å². The maximum absolute atomic E-state index is 11.8. The highest BCUT2D eigenvalue weighted by molar-refractivity contribution is 5.87. The molecule has 1 heterocycles. The number of carboxylic acids is 1. The molecular formula is C17H18N2O4. The van der Waals surface area contributed by atoms with Crippen molar-refractivity contribution in [1.82, 2.24) is 0 Å². The normalized spacial score (nSPS) is 14.9. The van der Waals surface area contributed by atoms with Crippen LogP contribution in [0.4, 0.5) is 11.4 Å². The first kappa shape index (κ1) is 15.3. The first-order valence-corrected chi connectivity index (χ1v) is 7.72. The summed E-state index contributed by atoms with van der Waals surface area (Å²) in [7, 11) is 0. The average Bonchev–Trinajstić information content (AvgIpc) is 2.58. The molecule has 0 unspecified atom stereocenters. The number of anilines is 2. The van der Waals surface area contributed by atoms with Gasteiger partial charge in [0.15, 0.2) is 0 Å². The van der Waals surface area contributed by atoms with Gasteiger partial charge < -0.3 is 15.3 Å². The number of benzene rings is 1. The minimum absolute atomic E-state index is 0.219. The zero-order valence-corrected chi connectivity index (χ0v) is 12.7. The van der Waals surface area contributed by atoms with Crippen molar-refractivity contribution in [2.75, 3.05) is 23.3 Å². The Kier molecular flexibility index (Phi) is 4.14. The third kappa shape index (κ3) is 2.97. The summed E-state index contributed by atoms with van der Waals surface area (Å²) in [6, 6.07) is 6.44. The van der Waals surface area contributed by atoms with Gasteiger partial charge in [-0.15, -0.1) is 0 Å². The van der Waals surface area contributed by atoms with Crippen molar-refractivity contribution in [2.24, 2.45) is 0 Å². The maximum Gasteiger partial charge on any atom is 0.335 e. The van der Waals surface area contributed by atoms with Crippen LogP contribution in [-0.4, -0.2) is 24.2 Å². The Bertz CT molecular complexity index is 782. The molecule has 1 saturated heterocycles. The Labute approximate surface area is 133 Å². The summed E-state index contributed by atoms with van der Waals surface area (Å²) in [6.07, 6.45) is 3.23. The lowest BCUT2D eigenvalue weighted by Crippen LogP contribution is -2.44. The van der Waals surface area contributed by atoms with E-state index in [0.717, 1.165) is 37.9 Å². The lowest BCUT2D eigenvalue weighted by Gasteiger charge is -2.30. The minimum Gasteiger partial charge on any atom is -0.478 e. The van der Waals surface area contributed by atoms with E-state index in [1.165, 1.54) is 12.1 Å². The van der Waals surface area contributed by atoms with Crippen LogP contribution in [0.25, 0.3) is 0 Å². The zero-order valence-electron chi connectivity index (χ0n) is 12.7. The number of piperidine rings is 1. The molecule has 0 atom stereocenters. The number of hydrogen-bond donors (Lipinski definition) is 2. The molecule has 2 aromatic carbocycles. The SMILES string of the molecule is O=C(O)c1ccc(CNc2c(N3CCCCC3)c(=O)c2=O)cc1. The molecule has 1 fully saturated rings. The molecule has 1 aliphatic rings. The zero-order chi connectivity index (χ0) is 16.4. The smallest absolute Gasteiger partial charge is 0.335 e. The number of nitrogens with zero attached hydrogens (tertiary/aromatic N) is 1. The molecule has 6 heteroatoms. The predicted molar refractivity (Wildman–Crippen MR) is 88.1 cm³/mol. The average molecular weight is 314 g/mol. The summed E-state index contributed by atoms with van der Waals surface area (Å²) in [5.41, 5.74) is 1.10. The van der Waals surface area contributed by atoms with Crippen molar-refractivity contribution in [2.45, 2.75) is 25.8 Å². The van der Waals surface area contributed by atoms with Crippen LogP contribution >= 0.6 is 0 Å². The summed E-state index contributed by atoms with van der Waals surface area (Å²) < 4.78 is 0. The Morgan fingerprint density at radius 2 is 1.70 bits per heavy atom. The molecule has 1 aliphatic heterocycles. The Hall–Kier alpha value is -2.63. The fraction of sp³-hybridized carbons (Fsp3) is 0.353. The van der Waals surface area contributed by atoms with E-state index >= 15 is 0 Å². The fourth-order valence-electron chi connectivity index (χ4n) is 2.92. The molecule has 0 amide bonds. The molecule has 0 aromatic heterocycles. The second kappa shape index (κ2) is 6.24. The second-order valence-electron chi connectivity index (χ2n) is 5.79. The molecule has 23 heavy (non-hydrogen) atoms. The van der Waals surface area contributed by atoms with Gasteiger partial charge in [-0.1, -0.05) is 12.1 Å². The van der Waals surface area contributed by atoms with E-state index in [1.54, 1.807) is 12.1 Å². The number of aromatic carboxylic acids is 1. The van der Waals surface area contributed by atoms with Crippen molar-refractivity contribution >= 4 is 17.3 Å². The third-order valence-corrected chi connectivity index (χ3v) is 4.23. The van der Waals surface area contributed by atoms with Crippen molar-refractivity contribution in [3.63, 3.8) is 0 Å². The molecule has 0 radical (unpaired) electrons. The van der Waals surface area contributed by atoms with Gasteiger partial charge in [0.25, 0.3) is 10.9 Å². The van der Waals surface area contributed by atoms with E-state index in [1.807, 2.05) is 4.90 Å². The van der Waals surface area contributed by atoms with Crippen LogP contribution in [0.3, 0.4) is 0 Å². The number of carbonyl (C=O) groups is 1. The molecule has 0 aliphatic carbocycles. The van der Waals surface area contributed by atoms with Crippen LogP contribution in [0.2, 0.25) is 0 Å². The summed E-state index contributed by atoms with van der Waals surface area (Å²) in [4.78, 5) is 36.5. The number of nitrogens with one attached hydrogen (secondary N) is 1. The highest BCUT2D eigenvalue weighted by Gasteiger charge is 2.26. The monoisotopic (exact) mass is 314 g/mol. The van der Waals surface area contributed by atoms with Crippen LogP contribution in [0.5, 0.6) is 0 Å². The van der Waals surface area contributed by atoms with E-state index < -0.39 is 16.8 Å². The molecular weight excluding hydrogens is 296 g/mol. The quantitative estimate of drug-likeness (QED) is 0.815. The number of carboxylic acid groups (broad SMARTS) is 1. The molecule has 2 N–H and O–H groups in total. The third-order valence-electron chi connectivity index (χ3n) is 4.23. The van der Waals surface area contributed by atoms with Gasteiger partial charge >= 0.3 is 5.97 Å².